The van der Waals surface area contributed by atoms with E-state index in [4.69, 9.17) is 0 Å². The van der Waals surface area contributed by atoms with Crippen LogP contribution in [0, 0.1) is 23.2 Å². The molecule has 0 amide bonds. The highest BCUT2D eigenvalue weighted by Crippen LogP contribution is 2.54. The summed E-state index contributed by atoms with van der Waals surface area (Å²) in [5.41, 5.74) is 9.87. The Bertz CT molecular complexity index is 1560. The van der Waals surface area contributed by atoms with E-state index in [0.717, 1.165) is 19.3 Å². The second-order valence-corrected chi connectivity index (χ2v) is 12.1. The maximum absolute atomic E-state index is 10.1. The largest absolute Gasteiger partial charge is 0.340 e. The van der Waals surface area contributed by atoms with Gasteiger partial charge in [0.25, 0.3) is 0 Å². The molecule has 198 valence electrons. The summed E-state index contributed by atoms with van der Waals surface area (Å²) in [5.74, 6) is 1.22. The molecule has 6 aliphatic rings. The van der Waals surface area contributed by atoms with Crippen LogP contribution in [0.15, 0.2) is 126 Å². The predicted octanol–water partition coefficient (Wildman–Crippen LogP) is 8.27. The maximum Gasteiger partial charge on any atom is 0.0899 e. The number of rotatable bonds is 3. The number of benzene rings is 2. The van der Waals surface area contributed by atoms with Gasteiger partial charge in [0.2, 0.25) is 0 Å². The first-order chi connectivity index (χ1) is 19.8. The van der Waals surface area contributed by atoms with Crippen LogP contribution in [0.3, 0.4) is 0 Å². The fourth-order valence-corrected chi connectivity index (χ4v) is 8.30. The third-order valence-electron chi connectivity index (χ3n) is 10.1. The third kappa shape index (κ3) is 3.62. The molecular weight excluding hydrogens is 486 g/mol. The molecule has 40 heavy (non-hydrogen) atoms. The monoisotopic (exact) mass is 521 g/mol. The summed E-state index contributed by atoms with van der Waals surface area (Å²) < 4.78 is 0. The van der Waals surface area contributed by atoms with Gasteiger partial charge in [-0.1, -0.05) is 85.0 Å². The molecular formula is C37H35N3. The van der Waals surface area contributed by atoms with Gasteiger partial charge in [-0.05, 0) is 73.4 Å². The van der Waals surface area contributed by atoms with Gasteiger partial charge in [0.1, 0.15) is 0 Å². The predicted molar refractivity (Wildman–Crippen MR) is 161 cm³/mol. The van der Waals surface area contributed by atoms with E-state index < -0.39 is 0 Å². The first kappa shape index (κ1) is 23.8. The van der Waals surface area contributed by atoms with Gasteiger partial charge in [0.05, 0.1) is 18.0 Å². The van der Waals surface area contributed by atoms with Gasteiger partial charge in [-0.3, -0.25) is 0 Å². The molecule has 0 aromatic heterocycles. The summed E-state index contributed by atoms with van der Waals surface area (Å²) in [6, 6.07) is 23.3. The Balaban J connectivity index is 1.19. The van der Waals surface area contributed by atoms with E-state index in [2.05, 4.69) is 119 Å². The normalized spacial score (nSPS) is 31.7. The smallest absolute Gasteiger partial charge is 0.0899 e. The molecule has 2 aromatic rings. The van der Waals surface area contributed by atoms with Crippen molar-refractivity contribution in [2.45, 2.75) is 62.4 Å². The molecule has 6 atom stereocenters. The lowest BCUT2D eigenvalue weighted by Gasteiger charge is -2.38. The summed E-state index contributed by atoms with van der Waals surface area (Å²) in [4.78, 5) is 5.24. The Morgan fingerprint density at radius 3 is 2.67 bits per heavy atom. The van der Waals surface area contributed by atoms with Crippen LogP contribution in [0.4, 0.5) is 5.69 Å². The van der Waals surface area contributed by atoms with Crippen molar-refractivity contribution in [1.82, 2.24) is 4.90 Å². The van der Waals surface area contributed by atoms with Crippen molar-refractivity contribution in [2.75, 3.05) is 4.90 Å². The molecule has 0 radical (unpaired) electrons. The molecule has 0 saturated carbocycles. The van der Waals surface area contributed by atoms with Crippen LogP contribution in [-0.2, 0) is 0 Å². The molecule has 3 heteroatoms. The van der Waals surface area contributed by atoms with Crippen molar-refractivity contribution in [1.29, 1.82) is 5.26 Å². The van der Waals surface area contributed by atoms with Crippen molar-refractivity contribution in [3.8, 4) is 6.07 Å². The van der Waals surface area contributed by atoms with E-state index in [1.807, 2.05) is 0 Å². The zero-order valence-electron chi connectivity index (χ0n) is 22.9. The summed E-state index contributed by atoms with van der Waals surface area (Å²) >= 11 is 0. The molecule has 0 fully saturated rings. The number of hydrogen-bond acceptors (Lipinski definition) is 3. The molecule has 0 N–H and O–H groups in total. The maximum atomic E-state index is 10.1. The summed E-state index contributed by atoms with van der Waals surface area (Å²) in [5, 5.41) is 10.1. The van der Waals surface area contributed by atoms with Crippen LogP contribution in [0.5, 0.6) is 0 Å². The van der Waals surface area contributed by atoms with Gasteiger partial charge in [0, 0.05) is 46.6 Å². The van der Waals surface area contributed by atoms with Crippen molar-refractivity contribution < 1.29 is 0 Å². The highest BCUT2D eigenvalue weighted by molar-refractivity contribution is 5.70. The number of fused-ring (bicyclic) bond motifs is 5. The zero-order chi connectivity index (χ0) is 26.6. The van der Waals surface area contributed by atoms with Crippen LogP contribution >= 0.6 is 0 Å². The Kier molecular flexibility index (Phi) is 5.69. The standard InChI is InChI=1S/C37H35N3/c38-24-27-12-4-7-15-33(27)40-36-21-19-28(39-34-16-8-5-13-29(34)30-14-6-9-17-35(30)39)23-32(36)31-20-18-26(22-37(31)40)25-10-2-1-3-11-25/h1-5,7-8,10-11,13,15-21,26-28,30-31,37H,6,9,12,14,22-23H2/t26?,27-,28?,30?,31?,37?/m1/s1. The van der Waals surface area contributed by atoms with Gasteiger partial charge in [-0.15, -0.1) is 0 Å². The summed E-state index contributed by atoms with van der Waals surface area (Å²) in [6.45, 7) is 0. The number of nitriles is 1. The third-order valence-corrected chi connectivity index (χ3v) is 10.1. The van der Waals surface area contributed by atoms with Crippen LogP contribution < -0.4 is 4.90 Å². The molecule has 0 bridgehead atoms. The molecule has 2 aromatic carbocycles. The number of allylic oxidation sites excluding steroid dienone is 8. The number of nitrogens with zero attached hydrogens (tertiary/aromatic N) is 3. The molecule has 5 unspecified atom stereocenters. The van der Waals surface area contributed by atoms with Gasteiger partial charge < -0.3 is 9.80 Å². The molecule has 2 aliphatic heterocycles. The zero-order valence-corrected chi connectivity index (χ0v) is 22.9. The molecule has 3 nitrogen and oxygen atoms in total. The average molecular weight is 522 g/mol. The van der Waals surface area contributed by atoms with Crippen LogP contribution in [0.2, 0.25) is 0 Å². The van der Waals surface area contributed by atoms with Crippen molar-refractivity contribution in [3.05, 3.63) is 137 Å². The van der Waals surface area contributed by atoms with E-state index in [1.165, 1.54) is 53.2 Å². The minimum Gasteiger partial charge on any atom is -0.340 e. The van der Waals surface area contributed by atoms with Crippen LogP contribution in [0.1, 0.15) is 61.5 Å². The van der Waals surface area contributed by atoms with E-state index in [9.17, 15) is 5.26 Å². The summed E-state index contributed by atoms with van der Waals surface area (Å²) in [6.07, 6.45) is 25.4. The lowest BCUT2D eigenvalue weighted by molar-refractivity contribution is 0.266. The van der Waals surface area contributed by atoms with Gasteiger partial charge in [0.15, 0.2) is 0 Å². The first-order valence-corrected chi connectivity index (χ1v) is 15.1. The molecule has 0 spiro atoms. The molecule has 8 rings (SSSR count). The second kappa shape index (κ2) is 9.56. The Hall–Kier alpha value is -4.03. The highest BCUT2D eigenvalue weighted by atomic mass is 15.2. The fraction of sp³-hybridized carbons (Fsp3) is 0.324. The van der Waals surface area contributed by atoms with Crippen molar-refractivity contribution >= 4 is 5.69 Å². The average Bonchev–Trinajstić information content (AvgIpc) is 3.53. The topological polar surface area (TPSA) is 30.3 Å². The Labute approximate surface area is 237 Å². The van der Waals surface area contributed by atoms with Gasteiger partial charge in [-0.25, -0.2) is 0 Å². The van der Waals surface area contributed by atoms with E-state index in [0.29, 0.717) is 29.8 Å². The molecule has 2 heterocycles. The number of hydrogen-bond donors (Lipinski definition) is 0. The van der Waals surface area contributed by atoms with E-state index in [-0.39, 0.29) is 5.92 Å². The van der Waals surface area contributed by atoms with Crippen LogP contribution in [-0.4, -0.2) is 17.0 Å². The quantitative estimate of drug-likeness (QED) is 0.381. The minimum absolute atomic E-state index is 0.0942. The Morgan fingerprint density at radius 2 is 1.77 bits per heavy atom. The van der Waals surface area contributed by atoms with Gasteiger partial charge >= 0.3 is 0 Å². The fourth-order valence-electron chi connectivity index (χ4n) is 8.30. The molecule has 4 aliphatic carbocycles. The first-order valence-electron chi connectivity index (χ1n) is 15.1. The minimum atomic E-state index is -0.0942. The number of para-hydroxylation sites is 1. The van der Waals surface area contributed by atoms with Crippen LogP contribution in [0.25, 0.3) is 0 Å². The van der Waals surface area contributed by atoms with Gasteiger partial charge in [-0.2, -0.15) is 5.26 Å². The SMILES string of the molecule is N#C[C@H]1CC=CC=C1N1C2=C(CC(N3C4=CCCCC4c4ccccc43)C=C2)C2C=CC(c3ccccc3)CC21. The van der Waals surface area contributed by atoms with Crippen molar-refractivity contribution in [3.63, 3.8) is 0 Å². The molecule has 0 saturated heterocycles. The highest BCUT2D eigenvalue weighted by Gasteiger charge is 2.47. The lowest BCUT2D eigenvalue weighted by atomic mass is 9.77. The number of anilines is 1. The Morgan fingerprint density at radius 1 is 0.900 bits per heavy atom. The van der Waals surface area contributed by atoms with Crippen molar-refractivity contribution in [2.24, 2.45) is 11.8 Å². The second-order valence-electron chi connectivity index (χ2n) is 12.1. The lowest BCUT2D eigenvalue weighted by Crippen LogP contribution is -2.38. The van der Waals surface area contributed by atoms with E-state index >= 15 is 0 Å². The summed E-state index contributed by atoms with van der Waals surface area (Å²) in [7, 11) is 0. The van der Waals surface area contributed by atoms with E-state index in [1.54, 1.807) is 5.57 Å².